The summed E-state index contributed by atoms with van der Waals surface area (Å²) in [6.45, 7) is 0.769. The molecule has 1 fully saturated rings. The van der Waals surface area contributed by atoms with Crippen LogP contribution in [0.2, 0.25) is 5.02 Å². The molecule has 2 aromatic rings. The quantitative estimate of drug-likeness (QED) is 0.709. The van der Waals surface area contributed by atoms with E-state index in [1.165, 1.54) is 11.6 Å². The fourth-order valence-electron chi connectivity index (χ4n) is 4.12. The van der Waals surface area contributed by atoms with Crippen LogP contribution in [0, 0.1) is 17.7 Å². The molecule has 5 heteroatoms. The number of hydrogen-bond donors (Lipinski definition) is 2. The van der Waals surface area contributed by atoms with Gasteiger partial charge in [0.25, 0.3) is 0 Å². The number of carbonyl (C=O) groups excluding carboxylic acids is 1. The zero-order valence-corrected chi connectivity index (χ0v) is 15.7. The molecule has 0 spiro atoms. The van der Waals surface area contributed by atoms with Crippen molar-refractivity contribution in [1.82, 2.24) is 0 Å². The Bertz CT molecular complexity index is 870. The van der Waals surface area contributed by atoms with Crippen LogP contribution in [-0.2, 0) is 4.79 Å². The highest BCUT2D eigenvalue weighted by atomic mass is 35.5. The number of nitrogens with one attached hydrogen (secondary N) is 2. The minimum atomic E-state index is -0.209. The highest BCUT2D eigenvalue weighted by molar-refractivity contribution is 6.30. The number of benzene rings is 2. The Morgan fingerprint density at radius 2 is 1.81 bits per heavy atom. The second kappa shape index (κ2) is 7.73. The molecule has 27 heavy (non-hydrogen) atoms. The second-order valence-corrected chi connectivity index (χ2v) is 7.71. The maximum absolute atomic E-state index is 13.7. The van der Waals surface area contributed by atoms with Gasteiger partial charge in [-0.3, -0.25) is 4.79 Å². The largest absolute Gasteiger partial charge is 0.381 e. The lowest BCUT2D eigenvalue weighted by molar-refractivity contribution is -0.120. The summed E-state index contributed by atoms with van der Waals surface area (Å²) in [5.74, 6) is 0.263. The van der Waals surface area contributed by atoms with E-state index in [-0.39, 0.29) is 17.6 Å². The molecular weight excluding hydrogens is 363 g/mol. The highest BCUT2D eigenvalue weighted by Gasteiger charge is 2.30. The van der Waals surface area contributed by atoms with Gasteiger partial charge in [-0.15, -0.1) is 0 Å². The molecule has 3 nitrogen and oxygen atoms in total. The molecule has 2 N–H and O–H groups in total. The van der Waals surface area contributed by atoms with Crippen molar-refractivity contribution in [2.24, 2.45) is 11.8 Å². The summed E-state index contributed by atoms with van der Waals surface area (Å²) >= 11 is 5.89. The maximum Gasteiger partial charge on any atom is 0.227 e. The first-order chi connectivity index (χ1) is 13.1. The van der Waals surface area contributed by atoms with Gasteiger partial charge in [0.1, 0.15) is 5.82 Å². The van der Waals surface area contributed by atoms with Crippen molar-refractivity contribution in [2.45, 2.75) is 25.7 Å². The number of halogens is 2. The van der Waals surface area contributed by atoms with Gasteiger partial charge in [-0.1, -0.05) is 17.7 Å². The van der Waals surface area contributed by atoms with E-state index in [1.54, 1.807) is 18.2 Å². The summed E-state index contributed by atoms with van der Waals surface area (Å²) < 4.78 is 13.7. The summed E-state index contributed by atoms with van der Waals surface area (Å²) in [5, 5.41) is 6.94. The lowest BCUT2D eigenvalue weighted by Gasteiger charge is -2.32. The Kier molecular flexibility index (Phi) is 5.17. The normalized spacial score (nSPS) is 21.6. The van der Waals surface area contributed by atoms with Crippen LogP contribution in [0.3, 0.4) is 0 Å². The third kappa shape index (κ3) is 4.01. The van der Waals surface area contributed by atoms with Gasteiger partial charge >= 0.3 is 0 Å². The van der Waals surface area contributed by atoms with Crippen LogP contribution < -0.4 is 10.6 Å². The number of anilines is 2. The fraction of sp³-hybridized carbons (Fsp3) is 0.318. The molecule has 0 saturated heterocycles. The molecule has 0 aromatic heterocycles. The first kappa shape index (κ1) is 18.1. The van der Waals surface area contributed by atoms with Crippen molar-refractivity contribution >= 4 is 34.5 Å². The van der Waals surface area contributed by atoms with Gasteiger partial charge in [-0.2, -0.15) is 0 Å². The van der Waals surface area contributed by atoms with E-state index in [2.05, 4.69) is 16.7 Å². The third-order valence-electron chi connectivity index (χ3n) is 5.56. The van der Waals surface area contributed by atoms with Crippen LogP contribution >= 0.6 is 11.6 Å². The summed E-state index contributed by atoms with van der Waals surface area (Å²) in [4.78, 5) is 12.6. The van der Waals surface area contributed by atoms with Crippen molar-refractivity contribution in [3.05, 3.63) is 64.9 Å². The number of allylic oxidation sites excluding steroid dienone is 1. The van der Waals surface area contributed by atoms with Crippen molar-refractivity contribution in [3.8, 4) is 0 Å². The first-order valence-electron chi connectivity index (χ1n) is 9.40. The fourth-order valence-corrected chi connectivity index (χ4v) is 4.25. The Balaban J connectivity index is 1.39. The van der Waals surface area contributed by atoms with E-state index in [0.717, 1.165) is 49.2 Å². The van der Waals surface area contributed by atoms with Crippen LogP contribution in [-0.4, -0.2) is 12.5 Å². The number of amides is 1. The van der Waals surface area contributed by atoms with Gasteiger partial charge in [0, 0.05) is 34.4 Å². The van der Waals surface area contributed by atoms with Crippen molar-refractivity contribution < 1.29 is 9.18 Å². The van der Waals surface area contributed by atoms with Crippen LogP contribution in [0.15, 0.2) is 48.5 Å². The molecule has 0 unspecified atom stereocenters. The van der Waals surface area contributed by atoms with Crippen molar-refractivity contribution in [1.29, 1.82) is 0 Å². The van der Waals surface area contributed by atoms with Crippen molar-refractivity contribution in [3.63, 3.8) is 0 Å². The molecule has 1 aliphatic heterocycles. The molecule has 2 aromatic carbocycles. The zero-order chi connectivity index (χ0) is 18.8. The van der Waals surface area contributed by atoms with E-state index >= 15 is 0 Å². The summed E-state index contributed by atoms with van der Waals surface area (Å²) in [5.41, 5.74) is 3.96. The Morgan fingerprint density at radius 1 is 1.07 bits per heavy atom. The minimum Gasteiger partial charge on any atom is -0.381 e. The number of fused-ring (bicyclic) bond motifs is 1. The summed E-state index contributed by atoms with van der Waals surface area (Å²) in [6.07, 6.45) is 5.75. The monoisotopic (exact) mass is 384 g/mol. The lowest BCUT2D eigenvalue weighted by Crippen LogP contribution is -2.28. The highest BCUT2D eigenvalue weighted by Crippen LogP contribution is 2.41. The zero-order valence-electron chi connectivity index (χ0n) is 15.0. The first-order valence-corrected chi connectivity index (χ1v) is 9.78. The van der Waals surface area contributed by atoms with Gasteiger partial charge in [0.05, 0.1) is 0 Å². The Labute approximate surface area is 163 Å². The molecule has 4 rings (SSSR count). The molecule has 0 atom stereocenters. The summed E-state index contributed by atoms with van der Waals surface area (Å²) in [7, 11) is 0. The predicted octanol–water partition coefficient (Wildman–Crippen LogP) is 5.73. The standard InChI is InChI=1S/C22H22ClFN2O/c23-16-5-8-18(9-6-16)26-22(27)15-3-1-14(2-4-15)19-11-12-25-21-10-7-17(24)13-20(19)21/h5-11,13-15,25H,1-4,12H2,(H,26,27). The lowest BCUT2D eigenvalue weighted by atomic mass is 9.75. The second-order valence-electron chi connectivity index (χ2n) is 7.27. The molecule has 1 heterocycles. The molecule has 0 radical (unpaired) electrons. The number of carbonyl (C=O) groups is 1. The van der Waals surface area contributed by atoms with Crippen molar-refractivity contribution in [2.75, 3.05) is 17.2 Å². The number of rotatable bonds is 3. The third-order valence-corrected chi connectivity index (χ3v) is 5.81. The molecule has 1 aliphatic carbocycles. The maximum atomic E-state index is 13.7. The molecule has 2 aliphatic rings. The van der Waals surface area contributed by atoms with E-state index in [0.29, 0.717) is 10.9 Å². The summed E-state index contributed by atoms with van der Waals surface area (Å²) in [6, 6.07) is 12.1. The average Bonchev–Trinajstić information content (AvgIpc) is 2.69. The molecule has 0 bridgehead atoms. The average molecular weight is 385 g/mol. The molecule has 140 valence electrons. The molecule has 1 saturated carbocycles. The smallest absolute Gasteiger partial charge is 0.227 e. The van der Waals surface area contributed by atoms with E-state index in [9.17, 15) is 9.18 Å². The van der Waals surface area contributed by atoms with Gasteiger partial charge in [0.15, 0.2) is 0 Å². The van der Waals surface area contributed by atoms with E-state index < -0.39 is 0 Å². The van der Waals surface area contributed by atoms with Crippen LogP contribution in [0.4, 0.5) is 15.8 Å². The number of hydrogen-bond acceptors (Lipinski definition) is 2. The van der Waals surface area contributed by atoms with Gasteiger partial charge in [-0.05, 0) is 79.6 Å². The van der Waals surface area contributed by atoms with E-state index in [4.69, 9.17) is 11.6 Å². The Hall–Kier alpha value is -2.33. The molecular formula is C22H22ClFN2O. The minimum absolute atomic E-state index is 0.0197. The topological polar surface area (TPSA) is 41.1 Å². The Morgan fingerprint density at radius 3 is 2.56 bits per heavy atom. The van der Waals surface area contributed by atoms with Gasteiger partial charge < -0.3 is 10.6 Å². The van der Waals surface area contributed by atoms with Gasteiger partial charge in [-0.25, -0.2) is 4.39 Å². The van der Waals surface area contributed by atoms with Gasteiger partial charge in [0.2, 0.25) is 5.91 Å². The van der Waals surface area contributed by atoms with Crippen LogP contribution in [0.1, 0.15) is 31.2 Å². The SMILES string of the molecule is O=C(Nc1ccc(Cl)cc1)C1CCC(C2=CCNc3ccc(F)cc32)CC1. The van der Waals surface area contributed by atoms with Crippen LogP contribution in [0.25, 0.3) is 5.57 Å². The molecule has 1 amide bonds. The predicted molar refractivity (Wildman–Crippen MR) is 108 cm³/mol. The van der Waals surface area contributed by atoms with Crippen LogP contribution in [0.5, 0.6) is 0 Å². The van der Waals surface area contributed by atoms with E-state index in [1.807, 2.05) is 18.2 Å².